The molecule has 0 atom stereocenters. The van der Waals surface area contributed by atoms with Gasteiger partial charge in [0.2, 0.25) is 0 Å². The van der Waals surface area contributed by atoms with E-state index in [4.69, 9.17) is 9.72 Å². The molecule has 0 spiro atoms. The second kappa shape index (κ2) is 5.31. The van der Waals surface area contributed by atoms with Gasteiger partial charge in [0.1, 0.15) is 0 Å². The molecule has 0 fully saturated rings. The largest absolute Gasteiger partial charge is 0.453 e. The molecule has 0 saturated carbocycles. The number of para-hydroxylation sites is 2. The highest BCUT2D eigenvalue weighted by Gasteiger charge is 2.17. The Hall–Kier alpha value is -3.40. The van der Waals surface area contributed by atoms with Crippen LogP contribution in [-0.2, 0) is 0 Å². The van der Waals surface area contributed by atoms with Gasteiger partial charge in [0.15, 0.2) is 11.5 Å². The number of hydrogen-bond acceptors (Lipinski definition) is 4. The molecule has 4 aromatic rings. The van der Waals surface area contributed by atoms with Crippen molar-refractivity contribution in [3.05, 3.63) is 72.4 Å². The number of benzene rings is 3. The SMILES string of the molecule is Cc1ccc2c(c1)Oc1cc(-c3cnc4ccccc4n3)ccc1N2. The predicted octanol–water partition coefficient (Wildman–Crippen LogP) is 5.45. The van der Waals surface area contributed by atoms with Gasteiger partial charge in [-0.2, -0.15) is 0 Å². The van der Waals surface area contributed by atoms with Crippen molar-refractivity contribution in [2.24, 2.45) is 0 Å². The zero-order chi connectivity index (χ0) is 16.8. The Bertz CT molecular complexity index is 1120. The summed E-state index contributed by atoms with van der Waals surface area (Å²) in [5.74, 6) is 1.64. The molecule has 0 saturated heterocycles. The summed E-state index contributed by atoms with van der Waals surface area (Å²) in [6, 6.07) is 20.1. The highest BCUT2D eigenvalue weighted by molar-refractivity contribution is 5.81. The number of rotatable bonds is 1. The molecule has 25 heavy (non-hydrogen) atoms. The molecule has 4 nitrogen and oxygen atoms in total. The first-order chi connectivity index (χ1) is 12.3. The molecule has 1 aliphatic rings. The predicted molar refractivity (Wildman–Crippen MR) is 99.5 cm³/mol. The number of aryl methyl sites for hydroxylation is 1. The van der Waals surface area contributed by atoms with Crippen LogP contribution < -0.4 is 10.1 Å². The first kappa shape index (κ1) is 14.0. The van der Waals surface area contributed by atoms with Crippen molar-refractivity contribution in [2.45, 2.75) is 6.92 Å². The number of fused-ring (bicyclic) bond motifs is 3. The molecular weight excluding hydrogens is 310 g/mol. The molecule has 0 unspecified atom stereocenters. The van der Waals surface area contributed by atoms with Crippen molar-refractivity contribution < 1.29 is 4.74 Å². The van der Waals surface area contributed by atoms with Crippen molar-refractivity contribution in [3.8, 4) is 22.8 Å². The van der Waals surface area contributed by atoms with Gasteiger partial charge in [-0.25, -0.2) is 4.98 Å². The van der Waals surface area contributed by atoms with Crippen molar-refractivity contribution in [3.63, 3.8) is 0 Å². The van der Waals surface area contributed by atoms with Gasteiger partial charge in [0.25, 0.3) is 0 Å². The molecule has 0 radical (unpaired) electrons. The van der Waals surface area contributed by atoms with E-state index >= 15 is 0 Å². The Balaban J connectivity index is 1.57. The maximum Gasteiger partial charge on any atom is 0.151 e. The van der Waals surface area contributed by atoms with Crippen LogP contribution in [-0.4, -0.2) is 9.97 Å². The lowest BCUT2D eigenvalue weighted by Gasteiger charge is -2.22. The van der Waals surface area contributed by atoms with E-state index in [1.807, 2.05) is 54.6 Å². The Morgan fingerprint density at radius 3 is 2.48 bits per heavy atom. The van der Waals surface area contributed by atoms with Crippen LogP contribution in [0.25, 0.3) is 22.3 Å². The van der Waals surface area contributed by atoms with Crippen LogP contribution in [0.5, 0.6) is 11.5 Å². The first-order valence-electron chi connectivity index (χ1n) is 8.18. The number of nitrogens with zero attached hydrogens (tertiary/aromatic N) is 2. The van der Waals surface area contributed by atoms with Gasteiger partial charge < -0.3 is 10.1 Å². The van der Waals surface area contributed by atoms with E-state index in [1.165, 1.54) is 5.56 Å². The van der Waals surface area contributed by atoms with Gasteiger partial charge in [0, 0.05) is 5.56 Å². The minimum absolute atomic E-state index is 0.797. The normalized spacial score (nSPS) is 12.0. The summed E-state index contributed by atoms with van der Waals surface area (Å²) in [6.45, 7) is 2.06. The summed E-state index contributed by atoms with van der Waals surface area (Å²) in [7, 11) is 0. The van der Waals surface area contributed by atoms with E-state index in [-0.39, 0.29) is 0 Å². The third-order valence-corrected chi connectivity index (χ3v) is 4.35. The lowest BCUT2D eigenvalue weighted by Crippen LogP contribution is -2.03. The molecule has 1 aliphatic heterocycles. The Labute approximate surface area is 145 Å². The van der Waals surface area contributed by atoms with Gasteiger partial charge in [-0.3, -0.25) is 4.98 Å². The lowest BCUT2D eigenvalue weighted by atomic mass is 10.1. The van der Waals surface area contributed by atoms with Crippen LogP contribution in [0.2, 0.25) is 0 Å². The van der Waals surface area contributed by atoms with Crippen LogP contribution in [0.3, 0.4) is 0 Å². The van der Waals surface area contributed by atoms with E-state index in [2.05, 4.69) is 23.3 Å². The summed E-state index contributed by atoms with van der Waals surface area (Å²) in [6.07, 6.45) is 1.80. The molecule has 1 aromatic heterocycles. The third kappa shape index (κ3) is 2.39. The molecule has 120 valence electrons. The van der Waals surface area contributed by atoms with E-state index in [1.54, 1.807) is 6.20 Å². The number of aromatic nitrogens is 2. The lowest BCUT2D eigenvalue weighted by molar-refractivity contribution is 0.481. The fourth-order valence-electron chi connectivity index (χ4n) is 3.05. The van der Waals surface area contributed by atoms with Crippen LogP contribution in [0, 0.1) is 6.92 Å². The fraction of sp³-hybridized carbons (Fsp3) is 0.0476. The van der Waals surface area contributed by atoms with Gasteiger partial charge >= 0.3 is 0 Å². The summed E-state index contributed by atoms with van der Waals surface area (Å²) in [5, 5.41) is 3.41. The zero-order valence-electron chi connectivity index (χ0n) is 13.7. The zero-order valence-corrected chi connectivity index (χ0v) is 13.7. The van der Waals surface area contributed by atoms with E-state index in [9.17, 15) is 0 Å². The van der Waals surface area contributed by atoms with E-state index in [0.717, 1.165) is 45.2 Å². The topological polar surface area (TPSA) is 47.0 Å². The molecule has 0 amide bonds. The minimum atomic E-state index is 0.797. The number of ether oxygens (including phenoxy) is 1. The van der Waals surface area contributed by atoms with Gasteiger partial charge in [0.05, 0.1) is 34.3 Å². The average molecular weight is 325 g/mol. The standard InChI is InChI=1S/C21H15N3O/c1-13-6-8-17-20(10-13)25-21-11-14(7-9-18(21)24-17)19-12-22-15-4-2-3-5-16(15)23-19/h2-12,24H,1H3. The molecule has 0 aliphatic carbocycles. The summed E-state index contributed by atoms with van der Waals surface area (Å²) < 4.78 is 6.10. The van der Waals surface area contributed by atoms with Crippen LogP contribution in [0.4, 0.5) is 11.4 Å². The molecule has 3 aromatic carbocycles. The second-order valence-corrected chi connectivity index (χ2v) is 6.18. The van der Waals surface area contributed by atoms with Gasteiger partial charge in [-0.1, -0.05) is 24.3 Å². The van der Waals surface area contributed by atoms with E-state index in [0.29, 0.717) is 0 Å². The maximum absolute atomic E-state index is 6.10. The van der Waals surface area contributed by atoms with Gasteiger partial charge in [-0.05, 0) is 48.9 Å². The molecule has 5 rings (SSSR count). The monoisotopic (exact) mass is 325 g/mol. The van der Waals surface area contributed by atoms with Crippen molar-refractivity contribution in [1.82, 2.24) is 9.97 Å². The quantitative estimate of drug-likeness (QED) is 0.445. The first-order valence-corrected chi connectivity index (χ1v) is 8.18. The molecular formula is C21H15N3O. The summed E-state index contributed by atoms with van der Waals surface area (Å²) in [4.78, 5) is 9.21. The van der Waals surface area contributed by atoms with E-state index < -0.39 is 0 Å². The van der Waals surface area contributed by atoms with Crippen molar-refractivity contribution >= 4 is 22.4 Å². The number of hydrogen-bond donors (Lipinski definition) is 1. The van der Waals surface area contributed by atoms with Crippen LogP contribution in [0.1, 0.15) is 5.56 Å². The maximum atomic E-state index is 6.10. The highest BCUT2D eigenvalue weighted by Crippen LogP contribution is 2.43. The smallest absolute Gasteiger partial charge is 0.151 e. The third-order valence-electron chi connectivity index (χ3n) is 4.35. The second-order valence-electron chi connectivity index (χ2n) is 6.18. The highest BCUT2D eigenvalue weighted by atomic mass is 16.5. The Morgan fingerprint density at radius 1 is 0.840 bits per heavy atom. The molecule has 2 heterocycles. The number of nitrogens with one attached hydrogen (secondary N) is 1. The van der Waals surface area contributed by atoms with Crippen LogP contribution >= 0.6 is 0 Å². The minimum Gasteiger partial charge on any atom is -0.453 e. The average Bonchev–Trinajstić information content (AvgIpc) is 2.65. The van der Waals surface area contributed by atoms with Crippen molar-refractivity contribution in [2.75, 3.05) is 5.32 Å². The summed E-state index contributed by atoms with van der Waals surface area (Å²) >= 11 is 0. The van der Waals surface area contributed by atoms with Gasteiger partial charge in [-0.15, -0.1) is 0 Å². The molecule has 0 bridgehead atoms. The van der Waals surface area contributed by atoms with Crippen LogP contribution in [0.15, 0.2) is 66.9 Å². The van der Waals surface area contributed by atoms with Crippen molar-refractivity contribution in [1.29, 1.82) is 0 Å². The Morgan fingerprint density at radius 2 is 1.60 bits per heavy atom. The summed E-state index contributed by atoms with van der Waals surface area (Å²) in [5.41, 5.74) is 6.70. The Kier molecular flexibility index (Phi) is 2.97. The molecule has 4 heteroatoms. The number of anilines is 2. The fourth-order valence-corrected chi connectivity index (χ4v) is 3.05. The molecule has 1 N–H and O–H groups in total.